The maximum absolute atomic E-state index is 13.1. The van der Waals surface area contributed by atoms with Gasteiger partial charge in [0.2, 0.25) is 5.60 Å². The highest BCUT2D eigenvalue weighted by Crippen LogP contribution is 2.40. The van der Waals surface area contributed by atoms with Crippen LogP contribution in [0.15, 0.2) is 22.5 Å². The molecule has 3 heterocycles. The van der Waals surface area contributed by atoms with E-state index in [1.165, 1.54) is 16.3 Å². The molecule has 1 saturated heterocycles. The summed E-state index contributed by atoms with van der Waals surface area (Å²) in [5, 5.41) is 36.9. The van der Waals surface area contributed by atoms with E-state index in [9.17, 15) is 32.5 Å². The van der Waals surface area contributed by atoms with Crippen molar-refractivity contribution in [2.24, 2.45) is 16.6 Å². The smallest absolute Gasteiger partial charge is 0.362 e. The number of aromatic nitrogens is 3. The van der Waals surface area contributed by atoms with Gasteiger partial charge >= 0.3 is 16.3 Å². The number of nitrogens with two attached hydrogens (primary N) is 2. The summed E-state index contributed by atoms with van der Waals surface area (Å²) < 4.78 is 34.5. The lowest BCUT2D eigenvalue weighted by atomic mass is 9.98. The number of oxime groups is 1. The van der Waals surface area contributed by atoms with Crippen LogP contribution in [0.4, 0.5) is 0 Å². The molecule has 0 radical (unpaired) electrons. The first kappa shape index (κ1) is 27.1. The Labute approximate surface area is 218 Å². The number of rotatable bonds is 11. The summed E-state index contributed by atoms with van der Waals surface area (Å²) in [5.74, 6) is -3.70. The van der Waals surface area contributed by atoms with Gasteiger partial charge in [0, 0.05) is 18.2 Å². The van der Waals surface area contributed by atoms with Crippen LogP contribution in [0.25, 0.3) is 0 Å². The van der Waals surface area contributed by atoms with E-state index in [4.69, 9.17) is 21.7 Å². The molecule has 1 aromatic heterocycles. The van der Waals surface area contributed by atoms with E-state index < -0.39 is 57.0 Å². The first-order valence-electron chi connectivity index (χ1n) is 10.8. The lowest BCUT2D eigenvalue weighted by Gasteiger charge is -2.43. The SMILES string of the molecule is N=C(N)NCc1cn(CC2C(NC(=O)/C(=N/OC3(C(=O)O)CC3)C3=CSC(N)N3)C(=O)N2S(=O)(=O)O)nn1. The average molecular weight is 574 g/mol. The van der Waals surface area contributed by atoms with Gasteiger partial charge in [-0.3, -0.25) is 19.6 Å². The van der Waals surface area contributed by atoms with E-state index in [1.807, 2.05) is 0 Å². The van der Waals surface area contributed by atoms with Crippen molar-refractivity contribution in [1.82, 2.24) is 35.2 Å². The molecule has 206 valence electrons. The third kappa shape index (κ3) is 5.64. The molecule has 0 aromatic carbocycles. The third-order valence-corrected chi connectivity index (χ3v) is 7.36. The minimum atomic E-state index is -4.99. The first-order valence-corrected chi connectivity index (χ1v) is 13.1. The number of thioether (sulfide) groups is 1. The van der Waals surface area contributed by atoms with Crippen molar-refractivity contribution in [2.75, 3.05) is 0 Å². The quantitative estimate of drug-likeness (QED) is 0.0413. The fourth-order valence-corrected chi connectivity index (χ4v) is 5.06. The van der Waals surface area contributed by atoms with Crippen molar-refractivity contribution < 1.29 is 37.3 Å². The maximum Gasteiger partial charge on any atom is 0.362 e. The van der Waals surface area contributed by atoms with Gasteiger partial charge in [0.15, 0.2) is 11.7 Å². The number of nitrogens with zero attached hydrogens (tertiary/aromatic N) is 5. The van der Waals surface area contributed by atoms with Crippen LogP contribution in [0.2, 0.25) is 0 Å². The van der Waals surface area contributed by atoms with Gasteiger partial charge in [0.05, 0.1) is 31.0 Å². The van der Waals surface area contributed by atoms with Crippen LogP contribution < -0.4 is 27.4 Å². The minimum absolute atomic E-state index is 0.0427. The lowest BCUT2D eigenvalue weighted by Crippen LogP contribution is -2.73. The molecular formula is C17H23N11O8S2. The van der Waals surface area contributed by atoms with Crippen molar-refractivity contribution in [3.05, 3.63) is 23.0 Å². The Morgan fingerprint density at radius 3 is 2.68 bits per heavy atom. The van der Waals surface area contributed by atoms with Crippen LogP contribution in [0, 0.1) is 5.41 Å². The van der Waals surface area contributed by atoms with Gasteiger partial charge in [-0.05, 0) is 0 Å². The number of β-lactam (4-membered cyclic amide) rings is 1. The van der Waals surface area contributed by atoms with Gasteiger partial charge in [0.25, 0.3) is 11.8 Å². The number of hydrogen-bond acceptors (Lipinski definition) is 13. The molecule has 1 aromatic rings. The molecular weight excluding hydrogens is 550 g/mol. The third-order valence-electron chi connectivity index (χ3n) is 5.63. The highest BCUT2D eigenvalue weighted by atomic mass is 32.2. The number of hydrogen-bond donors (Lipinski definition) is 8. The van der Waals surface area contributed by atoms with Crippen molar-refractivity contribution in [2.45, 2.75) is 49.1 Å². The molecule has 19 nitrogen and oxygen atoms in total. The molecule has 2 amide bonds. The molecule has 0 bridgehead atoms. The number of carboxylic acid groups (broad SMARTS) is 1. The molecule has 1 saturated carbocycles. The van der Waals surface area contributed by atoms with Gasteiger partial charge in [-0.2, -0.15) is 8.42 Å². The largest absolute Gasteiger partial charge is 0.478 e. The molecule has 3 atom stereocenters. The van der Waals surface area contributed by atoms with Crippen molar-refractivity contribution in [1.29, 1.82) is 5.41 Å². The second-order valence-electron chi connectivity index (χ2n) is 8.39. The van der Waals surface area contributed by atoms with Crippen molar-refractivity contribution >= 4 is 51.5 Å². The summed E-state index contributed by atoms with van der Waals surface area (Å²) in [5.41, 5.74) is 8.78. The van der Waals surface area contributed by atoms with Crippen LogP contribution in [-0.2, 0) is 42.6 Å². The van der Waals surface area contributed by atoms with E-state index in [0.717, 1.165) is 11.8 Å². The number of amides is 2. The van der Waals surface area contributed by atoms with Crippen molar-refractivity contribution in [3.63, 3.8) is 0 Å². The van der Waals surface area contributed by atoms with Crippen LogP contribution in [-0.4, -0.2) is 90.0 Å². The Balaban J connectivity index is 1.53. The Hall–Kier alpha value is -3.95. The zero-order valence-corrected chi connectivity index (χ0v) is 20.9. The van der Waals surface area contributed by atoms with E-state index in [-0.39, 0.29) is 41.9 Å². The first-order chi connectivity index (χ1) is 17.8. The van der Waals surface area contributed by atoms with Gasteiger partial charge in [0.1, 0.15) is 17.2 Å². The fourth-order valence-electron chi connectivity index (χ4n) is 3.53. The molecule has 1 aliphatic carbocycles. The van der Waals surface area contributed by atoms with Gasteiger partial charge < -0.3 is 37.4 Å². The predicted octanol–water partition coefficient (Wildman–Crippen LogP) is -3.83. The van der Waals surface area contributed by atoms with Crippen LogP contribution in [0.5, 0.6) is 0 Å². The minimum Gasteiger partial charge on any atom is -0.478 e. The fraction of sp³-hybridized carbons (Fsp3) is 0.471. The van der Waals surface area contributed by atoms with E-state index in [1.54, 1.807) is 0 Å². The Morgan fingerprint density at radius 1 is 1.42 bits per heavy atom. The molecule has 2 aliphatic heterocycles. The molecule has 3 unspecified atom stereocenters. The standard InChI is InChI=1S/C17H23N11O8S2/c18-15(19)21-3-7-4-27(26-24-7)5-9-11(13(30)28(9)38(33,34)35)23-12(29)10(8-6-37-16(20)22-8)25-36-17(1-2-17)14(31)32/h4,6,9,11,16,22H,1-3,5,20H2,(H,23,29)(H,31,32)(H4,18,19,21)(H,33,34,35)/b25-10+. The summed E-state index contributed by atoms with van der Waals surface area (Å²) in [6, 6.07) is -2.76. The topological polar surface area (TPSA) is 293 Å². The zero-order valence-electron chi connectivity index (χ0n) is 19.3. The monoisotopic (exact) mass is 573 g/mol. The van der Waals surface area contributed by atoms with Crippen LogP contribution in [0.1, 0.15) is 18.5 Å². The molecule has 10 N–H and O–H groups in total. The number of carbonyl (C=O) groups excluding carboxylic acids is 2. The number of carboxylic acids is 1. The zero-order chi connectivity index (χ0) is 27.8. The van der Waals surface area contributed by atoms with E-state index >= 15 is 0 Å². The number of guanidine groups is 1. The summed E-state index contributed by atoms with van der Waals surface area (Å²) in [6.07, 6.45) is 1.74. The van der Waals surface area contributed by atoms with Gasteiger partial charge in [-0.1, -0.05) is 22.1 Å². The molecule has 21 heteroatoms. The van der Waals surface area contributed by atoms with Crippen LogP contribution in [0.3, 0.4) is 0 Å². The highest BCUT2D eigenvalue weighted by molar-refractivity contribution is 8.02. The van der Waals surface area contributed by atoms with Crippen molar-refractivity contribution in [3.8, 4) is 0 Å². The Bertz CT molecular complexity index is 1340. The average Bonchev–Trinajstić information content (AvgIpc) is 3.29. The highest BCUT2D eigenvalue weighted by Gasteiger charge is 2.56. The Morgan fingerprint density at radius 2 is 2.13 bits per heavy atom. The van der Waals surface area contributed by atoms with Crippen LogP contribution >= 0.6 is 11.8 Å². The lowest BCUT2D eigenvalue weighted by molar-refractivity contribution is -0.153. The summed E-state index contributed by atoms with van der Waals surface area (Å²) in [6.45, 7) is -0.267. The second kappa shape index (κ2) is 10.1. The summed E-state index contributed by atoms with van der Waals surface area (Å²) in [4.78, 5) is 42.3. The normalized spacial score (nSPS) is 24.1. The number of aliphatic carboxylic acids is 1. The maximum atomic E-state index is 13.1. The van der Waals surface area contributed by atoms with E-state index in [2.05, 4.69) is 31.4 Å². The van der Waals surface area contributed by atoms with Gasteiger partial charge in [-0.25, -0.2) is 13.8 Å². The molecule has 0 spiro atoms. The van der Waals surface area contributed by atoms with Gasteiger partial charge in [-0.15, -0.1) is 5.10 Å². The molecule has 2 fully saturated rings. The summed E-state index contributed by atoms with van der Waals surface area (Å²) >= 11 is 1.10. The predicted molar refractivity (Wildman–Crippen MR) is 128 cm³/mol. The molecule has 4 rings (SSSR count). The number of carbonyl (C=O) groups is 3. The van der Waals surface area contributed by atoms with E-state index in [0.29, 0.717) is 5.69 Å². The number of nitrogens with one attached hydrogen (secondary N) is 4. The molecule has 38 heavy (non-hydrogen) atoms. The Kier molecular flexibility index (Phi) is 7.18. The second-order valence-corrected chi connectivity index (χ2v) is 10.7. The molecule has 3 aliphatic rings. The summed E-state index contributed by atoms with van der Waals surface area (Å²) in [7, 11) is -4.99.